The van der Waals surface area contributed by atoms with E-state index in [1.165, 1.54) is 32.1 Å². The van der Waals surface area contributed by atoms with E-state index in [9.17, 15) is 0 Å². The molecular weight excluding hydrogens is 318 g/mol. The zero-order chi connectivity index (χ0) is 16.4. The van der Waals surface area contributed by atoms with Crippen molar-refractivity contribution in [3.8, 4) is 11.4 Å². The first-order valence-electron chi connectivity index (χ1n) is 8.59. The van der Waals surface area contributed by atoms with Crippen LogP contribution in [0.15, 0.2) is 48.5 Å². The standard InChI is InChI=1S/C20H20ClN3/c21-15-12-10-14(11-13-15)19-23-18-9-5-4-8-17(18)20(24-19)22-16-6-2-1-3-7-16/h4-5,8-13,16H,1-3,6-7H2,(H,22,23,24). The molecule has 0 unspecified atom stereocenters. The monoisotopic (exact) mass is 337 g/mol. The summed E-state index contributed by atoms with van der Waals surface area (Å²) < 4.78 is 0. The zero-order valence-electron chi connectivity index (χ0n) is 13.5. The highest BCUT2D eigenvalue weighted by Gasteiger charge is 2.16. The van der Waals surface area contributed by atoms with Crippen molar-refractivity contribution in [1.29, 1.82) is 0 Å². The van der Waals surface area contributed by atoms with Crippen molar-refractivity contribution in [1.82, 2.24) is 9.97 Å². The maximum Gasteiger partial charge on any atom is 0.162 e. The molecule has 0 amide bonds. The molecule has 4 heteroatoms. The molecule has 0 atom stereocenters. The topological polar surface area (TPSA) is 37.8 Å². The predicted octanol–water partition coefficient (Wildman–Crippen LogP) is 5.69. The van der Waals surface area contributed by atoms with Gasteiger partial charge >= 0.3 is 0 Å². The summed E-state index contributed by atoms with van der Waals surface area (Å²) in [6.45, 7) is 0. The van der Waals surface area contributed by atoms with Gasteiger partial charge in [0.1, 0.15) is 5.82 Å². The Labute approximate surface area is 147 Å². The Bertz CT molecular complexity index is 839. The number of hydrogen-bond acceptors (Lipinski definition) is 3. The minimum absolute atomic E-state index is 0.509. The molecular formula is C20H20ClN3. The molecule has 4 rings (SSSR count). The van der Waals surface area contributed by atoms with E-state index in [0.717, 1.165) is 33.1 Å². The Morgan fingerprint density at radius 2 is 1.62 bits per heavy atom. The van der Waals surface area contributed by atoms with E-state index in [1.54, 1.807) is 0 Å². The van der Waals surface area contributed by atoms with Gasteiger partial charge in [-0.1, -0.05) is 43.0 Å². The number of anilines is 1. The summed E-state index contributed by atoms with van der Waals surface area (Å²) in [4.78, 5) is 9.56. The van der Waals surface area contributed by atoms with Crippen molar-refractivity contribution >= 4 is 28.3 Å². The molecule has 0 bridgehead atoms. The molecule has 0 spiro atoms. The van der Waals surface area contributed by atoms with Crippen LogP contribution >= 0.6 is 11.6 Å². The minimum Gasteiger partial charge on any atom is -0.367 e. The fraction of sp³-hybridized carbons (Fsp3) is 0.300. The number of nitrogens with zero attached hydrogens (tertiary/aromatic N) is 2. The molecule has 1 N–H and O–H groups in total. The number of halogens is 1. The van der Waals surface area contributed by atoms with Gasteiger partial charge in [0, 0.05) is 22.0 Å². The molecule has 1 aromatic heterocycles. The molecule has 122 valence electrons. The molecule has 2 aromatic carbocycles. The lowest BCUT2D eigenvalue weighted by atomic mass is 9.95. The highest BCUT2D eigenvalue weighted by Crippen LogP contribution is 2.28. The van der Waals surface area contributed by atoms with Gasteiger partial charge < -0.3 is 5.32 Å². The molecule has 1 fully saturated rings. The van der Waals surface area contributed by atoms with Crippen LogP contribution < -0.4 is 5.32 Å². The summed E-state index contributed by atoms with van der Waals surface area (Å²) in [5.74, 6) is 1.68. The summed E-state index contributed by atoms with van der Waals surface area (Å²) in [7, 11) is 0. The van der Waals surface area contributed by atoms with Gasteiger partial charge in [-0.2, -0.15) is 0 Å². The average molecular weight is 338 g/mol. The maximum atomic E-state index is 6.00. The van der Waals surface area contributed by atoms with Crippen molar-refractivity contribution < 1.29 is 0 Å². The van der Waals surface area contributed by atoms with Crippen molar-refractivity contribution in [3.63, 3.8) is 0 Å². The van der Waals surface area contributed by atoms with Crippen LogP contribution in [0.4, 0.5) is 5.82 Å². The van der Waals surface area contributed by atoms with Crippen LogP contribution in [-0.4, -0.2) is 16.0 Å². The average Bonchev–Trinajstić information content (AvgIpc) is 2.63. The lowest BCUT2D eigenvalue weighted by molar-refractivity contribution is 0.462. The first-order chi connectivity index (χ1) is 11.8. The van der Waals surface area contributed by atoms with Crippen LogP contribution in [0, 0.1) is 0 Å². The summed E-state index contributed by atoms with van der Waals surface area (Å²) in [6.07, 6.45) is 6.37. The molecule has 3 aromatic rings. The van der Waals surface area contributed by atoms with E-state index >= 15 is 0 Å². The molecule has 3 nitrogen and oxygen atoms in total. The Balaban J connectivity index is 1.76. The van der Waals surface area contributed by atoms with Gasteiger partial charge in [0.25, 0.3) is 0 Å². The van der Waals surface area contributed by atoms with E-state index in [2.05, 4.69) is 11.4 Å². The summed E-state index contributed by atoms with van der Waals surface area (Å²) in [5, 5.41) is 5.47. The van der Waals surface area contributed by atoms with Crippen molar-refractivity contribution in [2.75, 3.05) is 5.32 Å². The maximum absolute atomic E-state index is 6.00. The van der Waals surface area contributed by atoms with Gasteiger partial charge in [-0.15, -0.1) is 0 Å². The highest BCUT2D eigenvalue weighted by molar-refractivity contribution is 6.30. The van der Waals surface area contributed by atoms with Crippen LogP contribution in [0.2, 0.25) is 5.02 Å². The van der Waals surface area contributed by atoms with Crippen molar-refractivity contribution in [2.45, 2.75) is 38.1 Å². The van der Waals surface area contributed by atoms with E-state index in [-0.39, 0.29) is 0 Å². The number of aromatic nitrogens is 2. The summed E-state index contributed by atoms with van der Waals surface area (Å²) >= 11 is 6.00. The van der Waals surface area contributed by atoms with Crippen LogP contribution in [0.5, 0.6) is 0 Å². The van der Waals surface area contributed by atoms with Crippen molar-refractivity contribution in [3.05, 3.63) is 53.6 Å². The Morgan fingerprint density at radius 1 is 0.875 bits per heavy atom. The summed E-state index contributed by atoms with van der Waals surface area (Å²) in [5.41, 5.74) is 1.95. The van der Waals surface area contributed by atoms with E-state index in [0.29, 0.717) is 6.04 Å². The van der Waals surface area contributed by atoms with E-state index < -0.39 is 0 Å². The number of fused-ring (bicyclic) bond motifs is 1. The molecule has 1 saturated carbocycles. The molecule has 0 radical (unpaired) electrons. The molecule has 1 heterocycles. The second kappa shape index (κ2) is 6.78. The molecule has 0 aliphatic heterocycles. The Kier molecular flexibility index (Phi) is 4.35. The first kappa shape index (κ1) is 15.4. The highest BCUT2D eigenvalue weighted by atomic mass is 35.5. The lowest BCUT2D eigenvalue weighted by Crippen LogP contribution is -2.23. The van der Waals surface area contributed by atoms with Crippen LogP contribution in [0.25, 0.3) is 22.3 Å². The normalized spacial score (nSPS) is 15.5. The second-order valence-electron chi connectivity index (χ2n) is 6.40. The van der Waals surface area contributed by atoms with Gasteiger partial charge in [0.15, 0.2) is 5.82 Å². The summed E-state index contributed by atoms with van der Waals surface area (Å²) in [6, 6.07) is 16.4. The fourth-order valence-electron chi connectivity index (χ4n) is 3.35. The number of benzene rings is 2. The lowest BCUT2D eigenvalue weighted by Gasteiger charge is -2.24. The number of nitrogens with one attached hydrogen (secondary N) is 1. The fourth-order valence-corrected chi connectivity index (χ4v) is 3.48. The van der Waals surface area contributed by atoms with Gasteiger partial charge in [0.05, 0.1) is 5.52 Å². The third kappa shape index (κ3) is 3.22. The first-order valence-corrected chi connectivity index (χ1v) is 8.97. The van der Waals surface area contributed by atoms with Gasteiger partial charge in [-0.25, -0.2) is 9.97 Å². The van der Waals surface area contributed by atoms with E-state index in [4.69, 9.17) is 21.6 Å². The molecule has 0 saturated heterocycles. The Morgan fingerprint density at radius 3 is 2.42 bits per heavy atom. The molecule has 1 aliphatic carbocycles. The zero-order valence-corrected chi connectivity index (χ0v) is 14.3. The van der Waals surface area contributed by atoms with Gasteiger partial charge in [-0.3, -0.25) is 0 Å². The predicted molar refractivity (Wildman–Crippen MR) is 100 cm³/mol. The van der Waals surface area contributed by atoms with Gasteiger partial charge in [0.2, 0.25) is 0 Å². The quantitative estimate of drug-likeness (QED) is 0.666. The SMILES string of the molecule is Clc1ccc(-c2nc(NC3CCCCC3)c3ccccc3n2)cc1. The van der Waals surface area contributed by atoms with Crippen LogP contribution in [0.3, 0.4) is 0 Å². The molecule has 1 aliphatic rings. The number of rotatable bonds is 3. The van der Waals surface area contributed by atoms with Gasteiger partial charge in [-0.05, 0) is 49.2 Å². The molecule has 24 heavy (non-hydrogen) atoms. The third-order valence-electron chi connectivity index (χ3n) is 4.65. The number of para-hydroxylation sites is 1. The second-order valence-corrected chi connectivity index (χ2v) is 6.84. The Hall–Kier alpha value is -2.13. The van der Waals surface area contributed by atoms with Crippen LogP contribution in [-0.2, 0) is 0 Å². The van der Waals surface area contributed by atoms with Crippen molar-refractivity contribution in [2.24, 2.45) is 0 Å². The minimum atomic E-state index is 0.509. The smallest absolute Gasteiger partial charge is 0.162 e. The largest absolute Gasteiger partial charge is 0.367 e. The number of hydrogen-bond donors (Lipinski definition) is 1. The van der Waals surface area contributed by atoms with E-state index in [1.807, 2.05) is 42.5 Å². The van der Waals surface area contributed by atoms with Crippen LogP contribution in [0.1, 0.15) is 32.1 Å². The third-order valence-corrected chi connectivity index (χ3v) is 4.90.